The molecule has 4 heteroatoms. The standard InChI is InChI=1S/C22H25N3O/c1-17-7-5-11-20-21(17)23-16-25(22(20)26)14-13-24-12-6-10-19(15-24)18-8-3-2-4-9-18/h2-5,7-9,11,16,19H,6,10,12-15H2,1H3. The molecule has 3 aromatic rings. The lowest BCUT2D eigenvalue weighted by Crippen LogP contribution is -2.37. The second-order valence-electron chi connectivity index (χ2n) is 7.26. The summed E-state index contributed by atoms with van der Waals surface area (Å²) in [5.74, 6) is 0.596. The normalized spacial score (nSPS) is 18.3. The van der Waals surface area contributed by atoms with E-state index < -0.39 is 0 Å². The summed E-state index contributed by atoms with van der Waals surface area (Å²) < 4.78 is 1.76. The van der Waals surface area contributed by atoms with Gasteiger partial charge in [0.2, 0.25) is 0 Å². The van der Waals surface area contributed by atoms with Gasteiger partial charge in [0.25, 0.3) is 5.56 Å². The van der Waals surface area contributed by atoms with Crippen molar-refractivity contribution in [2.45, 2.75) is 32.2 Å². The minimum atomic E-state index is 0.0651. The van der Waals surface area contributed by atoms with Crippen molar-refractivity contribution in [3.8, 4) is 0 Å². The molecular weight excluding hydrogens is 322 g/mol. The molecule has 4 nitrogen and oxygen atoms in total. The first-order chi connectivity index (χ1) is 12.7. The number of piperidine rings is 1. The Balaban J connectivity index is 1.46. The van der Waals surface area contributed by atoms with Crippen LogP contribution in [0, 0.1) is 6.92 Å². The van der Waals surface area contributed by atoms with E-state index in [4.69, 9.17) is 0 Å². The number of rotatable bonds is 4. The number of para-hydroxylation sites is 1. The lowest BCUT2D eigenvalue weighted by atomic mass is 9.91. The molecule has 0 amide bonds. The third kappa shape index (κ3) is 3.42. The molecule has 0 spiro atoms. The largest absolute Gasteiger partial charge is 0.301 e. The lowest BCUT2D eigenvalue weighted by Gasteiger charge is -2.33. The Morgan fingerprint density at radius 1 is 1.08 bits per heavy atom. The molecule has 1 aromatic heterocycles. The van der Waals surface area contributed by atoms with Gasteiger partial charge in [0, 0.05) is 19.6 Å². The first-order valence-electron chi connectivity index (χ1n) is 9.44. The zero-order valence-electron chi connectivity index (χ0n) is 15.3. The maximum absolute atomic E-state index is 12.7. The Hall–Kier alpha value is -2.46. The van der Waals surface area contributed by atoms with Crippen molar-refractivity contribution in [3.05, 3.63) is 76.3 Å². The monoisotopic (exact) mass is 347 g/mol. The summed E-state index contributed by atoms with van der Waals surface area (Å²) in [6.07, 6.45) is 4.16. The quantitative estimate of drug-likeness (QED) is 0.724. The maximum Gasteiger partial charge on any atom is 0.261 e. The zero-order chi connectivity index (χ0) is 17.9. The Bertz CT molecular complexity index is 949. The van der Waals surface area contributed by atoms with Crippen molar-refractivity contribution in [1.29, 1.82) is 0 Å². The molecule has 2 heterocycles. The van der Waals surface area contributed by atoms with Crippen molar-refractivity contribution in [2.24, 2.45) is 0 Å². The van der Waals surface area contributed by atoms with Gasteiger partial charge in [-0.3, -0.25) is 9.36 Å². The van der Waals surface area contributed by atoms with Gasteiger partial charge in [0.05, 0.1) is 17.2 Å². The summed E-state index contributed by atoms with van der Waals surface area (Å²) in [5, 5.41) is 0.716. The number of fused-ring (bicyclic) bond motifs is 1. The van der Waals surface area contributed by atoms with Gasteiger partial charge in [-0.25, -0.2) is 4.98 Å². The van der Waals surface area contributed by atoms with Crippen molar-refractivity contribution in [2.75, 3.05) is 19.6 Å². The third-order valence-corrected chi connectivity index (χ3v) is 5.49. The minimum Gasteiger partial charge on any atom is -0.301 e. The van der Waals surface area contributed by atoms with Gasteiger partial charge in [-0.05, 0) is 49.4 Å². The topological polar surface area (TPSA) is 38.1 Å². The van der Waals surface area contributed by atoms with Gasteiger partial charge in [0.1, 0.15) is 0 Å². The SMILES string of the molecule is Cc1cccc2c(=O)n(CCN3CCCC(c4ccccc4)C3)cnc12. The van der Waals surface area contributed by atoms with Crippen molar-refractivity contribution >= 4 is 10.9 Å². The fraction of sp³-hybridized carbons (Fsp3) is 0.364. The molecule has 0 bridgehead atoms. The number of likely N-dealkylation sites (tertiary alicyclic amines) is 1. The molecule has 1 aliphatic heterocycles. The molecular formula is C22H25N3O. The van der Waals surface area contributed by atoms with Gasteiger partial charge in [0.15, 0.2) is 0 Å². The first-order valence-corrected chi connectivity index (χ1v) is 9.44. The predicted molar refractivity (Wildman–Crippen MR) is 106 cm³/mol. The van der Waals surface area contributed by atoms with E-state index in [1.165, 1.54) is 18.4 Å². The summed E-state index contributed by atoms with van der Waals surface area (Å²) in [6, 6.07) is 16.6. The van der Waals surface area contributed by atoms with Crippen LogP contribution < -0.4 is 5.56 Å². The molecule has 1 saturated heterocycles. The molecule has 0 aliphatic carbocycles. The number of benzene rings is 2. The summed E-state index contributed by atoms with van der Waals surface area (Å²) in [4.78, 5) is 19.7. The van der Waals surface area contributed by atoms with Crippen LogP contribution in [0.1, 0.15) is 29.9 Å². The fourth-order valence-corrected chi connectivity index (χ4v) is 4.00. The van der Waals surface area contributed by atoms with E-state index in [9.17, 15) is 4.79 Å². The van der Waals surface area contributed by atoms with Gasteiger partial charge in [-0.2, -0.15) is 0 Å². The molecule has 26 heavy (non-hydrogen) atoms. The molecule has 1 fully saturated rings. The van der Waals surface area contributed by atoms with Gasteiger partial charge in [-0.15, -0.1) is 0 Å². The second kappa shape index (κ2) is 7.42. The highest BCUT2D eigenvalue weighted by molar-refractivity contribution is 5.80. The summed E-state index contributed by atoms with van der Waals surface area (Å²) in [5.41, 5.74) is 3.36. The summed E-state index contributed by atoms with van der Waals surface area (Å²) >= 11 is 0. The third-order valence-electron chi connectivity index (χ3n) is 5.49. The molecule has 0 saturated carbocycles. The van der Waals surface area contributed by atoms with Crippen LogP contribution >= 0.6 is 0 Å². The number of aryl methyl sites for hydroxylation is 1. The second-order valence-corrected chi connectivity index (χ2v) is 7.26. The fourth-order valence-electron chi connectivity index (χ4n) is 4.00. The van der Waals surface area contributed by atoms with Crippen LogP contribution in [0.5, 0.6) is 0 Å². The Morgan fingerprint density at radius 2 is 1.92 bits per heavy atom. The number of aromatic nitrogens is 2. The molecule has 4 rings (SSSR count). The maximum atomic E-state index is 12.7. The van der Waals surface area contributed by atoms with Crippen LogP contribution in [-0.4, -0.2) is 34.1 Å². The molecule has 134 valence electrons. The van der Waals surface area contributed by atoms with E-state index in [1.807, 2.05) is 25.1 Å². The van der Waals surface area contributed by atoms with Crippen molar-refractivity contribution in [1.82, 2.24) is 14.5 Å². The minimum absolute atomic E-state index is 0.0651. The highest BCUT2D eigenvalue weighted by atomic mass is 16.1. The van der Waals surface area contributed by atoms with Crippen molar-refractivity contribution in [3.63, 3.8) is 0 Å². The Kier molecular flexibility index (Phi) is 4.85. The summed E-state index contributed by atoms with van der Waals surface area (Å²) in [7, 11) is 0. The number of hydrogen-bond donors (Lipinski definition) is 0. The van der Waals surface area contributed by atoms with Crippen LogP contribution in [0.2, 0.25) is 0 Å². The highest BCUT2D eigenvalue weighted by Gasteiger charge is 2.21. The summed E-state index contributed by atoms with van der Waals surface area (Å²) in [6.45, 7) is 5.76. The van der Waals surface area contributed by atoms with Gasteiger partial charge in [-0.1, -0.05) is 42.5 Å². The predicted octanol–water partition coefficient (Wildman–Crippen LogP) is 3.58. The van der Waals surface area contributed by atoms with Crippen LogP contribution in [0.3, 0.4) is 0 Å². The van der Waals surface area contributed by atoms with E-state index in [1.54, 1.807) is 10.9 Å². The van der Waals surface area contributed by atoms with Crippen LogP contribution in [0.15, 0.2) is 59.7 Å². The molecule has 0 N–H and O–H groups in total. The van der Waals surface area contributed by atoms with Gasteiger partial charge >= 0.3 is 0 Å². The first kappa shape index (κ1) is 17.0. The molecule has 1 aliphatic rings. The molecule has 1 unspecified atom stereocenters. The number of hydrogen-bond acceptors (Lipinski definition) is 3. The molecule has 2 aromatic carbocycles. The van der Waals surface area contributed by atoms with Crippen LogP contribution in [-0.2, 0) is 6.54 Å². The van der Waals surface area contributed by atoms with Crippen LogP contribution in [0.4, 0.5) is 0 Å². The van der Waals surface area contributed by atoms with E-state index in [-0.39, 0.29) is 5.56 Å². The van der Waals surface area contributed by atoms with E-state index in [0.717, 1.165) is 30.7 Å². The van der Waals surface area contributed by atoms with E-state index >= 15 is 0 Å². The van der Waals surface area contributed by atoms with Crippen LogP contribution in [0.25, 0.3) is 10.9 Å². The highest BCUT2D eigenvalue weighted by Crippen LogP contribution is 2.26. The molecule has 0 radical (unpaired) electrons. The zero-order valence-corrected chi connectivity index (χ0v) is 15.3. The van der Waals surface area contributed by atoms with Crippen molar-refractivity contribution < 1.29 is 0 Å². The Morgan fingerprint density at radius 3 is 2.77 bits per heavy atom. The van der Waals surface area contributed by atoms with Gasteiger partial charge < -0.3 is 4.90 Å². The average Bonchev–Trinajstić information content (AvgIpc) is 2.69. The van der Waals surface area contributed by atoms with E-state index in [2.05, 4.69) is 40.2 Å². The lowest BCUT2D eigenvalue weighted by molar-refractivity contribution is 0.200. The Labute approximate surface area is 154 Å². The van der Waals surface area contributed by atoms with E-state index in [0.29, 0.717) is 17.8 Å². The molecule has 1 atom stereocenters. The number of nitrogens with zero attached hydrogens (tertiary/aromatic N) is 3. The smallest absolute Gasteiger partial charge is 0.261 e. The average molecular weight is 347 g/mol.